The first-order valence-corrected chi connectivity index (χ1v) is 5.54. The van der Waals surface area contributed by atoms with Gasteiger partial charge in [0.1, 0.15) is 22.9 Å². The molecule has 2 rings (SSSR count). The van der Waals surface area contributed by atoms with Gasteiger partial charge in [0.15, 0.2) is 0 Å². The predicted octanol–water partition coefficient (Wildman–Crippen LogP) is 3.23. The first-order chi connectivity index (χ1) is 8.99. The molecule has 5 heteroatoms. The smallest absolute Gasteiger partial charge is 0.261 e. The normalized spacial score (nSPS) is 10.3. The Labute approximate surface area is 108 Å². The summed E-state index contributed by atoms with van der Waals surface area (Å²) in [5.41, 5.74) is 0.338. The Hall–Kier alpha value is -2.43. The molecular formula is C14H11F2NO2. The van der Waals surface area contributed by atoms with Crippen LogP contribution in [0.25, 0.3) is 0 Å². The molecule has 2 aromatic carbocycles. The molecule has 0 fully saturated rings. The van der Waals surface area contributed by atoms with Crippen LogP contribution in [-0.4, -0.2) is 11.0 Å². The molecule has 0 bridgehead atoms. The molecule has 0 aliphatic rings. The Morgan fingerprint density at radius 3 is 2.37 bits per heavy atom. The maximum atomic E-state index is 13.4. The highest BCUT2D eigenvalue weighted by molar-refractivity contribution is 6.05. The molecule has 0 unspecified atom stereocenters. The highest BCUT2D eigenvalue weighted by Crippen LogP contribution is 2.21. The Bertz CT molecular complexity index is 621. The van der Waals surface area contributed by atoms with Gasteiger partial charge < -0.3 is 10.4 Å². The van der Waals surface area contributed by atoms with Crippen molar-refractivity contribution in [3.05, 3.63) is 59.2 Å². The second-order valence-corrected chi connectivity index (χ2v) is 4.05. The van der Waals surface area contributed by atoms with Crippen LogP contribution in [0.3, 0.4) is 0 Å². The van der Waals surface area contributed by atoms with Crippen molar-refractivity contribution in [3.8, 4) is 5.75 Å². The van der Waals surface area contributed by atoms with Crippen LogP contribution in [0.2, 0.25) is 0 Å². The lowest BCUT2D eigenvalue weighted by Crippen LogP contribution is -2.16. The minimum Gasteiger partial charge on any atom is -0.508 e. The van der Waals surface area contributed by atoms with E-state index in [0.717, 1.165) is 12.1 Å². The Morgan fingerprint density at radius 1 is 1.16 bits per heavy atom. The second-order valence-electron chi connectivity index (χ2n) is 4.05. The minimum atomic E-state index is -0.922. The summed E-state index contributed by atoms with van der Waals surface area (Å²) >= 11 is 0. The molecule has 19 heavy (non-hydrogen) atoms. The zero-order valence-corrected chi connectivity index (χ0v) is 10.1. The van der Waals surface area contributed by atoms with Crippen molar-refractivity contribution < 1.29 is 18.7 Å². The maximum absolute atomic E-state index is 13.4. The number of amides is 1. The number of aryl methyl sites for hydroxylation is 1. The number of carbonyl (C=O) groups excluding carboxylic acids is 1. The van der Waals surface area contributed by atoms with E-state index in [1.807, 2.05) is 0 Å². The lowest BCUT2D eigenvalue weighted by molar-refractivity contribution is 0.101. The molecule has 0 aliphatic carbocycles. The third-order valence-electron chi connectivity index (χ3n) is 2.65. The zero-order chi connectivity index (χ0) is 14.0. The largest absolute Gasteiger partial charge is 0.508 e. The lowest BCUT2D eigenvalue weighted by atomic mass is 10.1. The highest BCUT2D eigenvalue weighted by Gasteiger charge is 2.17. The number of carbonyl (C=O) groups is 1. The summed E-state index contributed by atoms with van der Waals surface area (Å²) in [7, 11) is 0. The van der Waals surface area contributed by atoms with Gasteiger partial charge in [-0.1, -0.05) is 6.07 Å². The number of nitrogens with one attached hydrogen (secondary N) is 1. The van der Waals surface area contributed by atoms with Crippen molar-refractivity contribution >= 4 is 11.6 Å². The van der Waals surface area contributed by atoms with Gasteiger partial charge in [0, 0.05) is 5.69 Å². The zero-order valence-electron chi connectivity index (χ0n) is 10.1. The van der Waals surface area contributed by atoms with Crippen LogP contribution < -0.4 is 5.32 Å². The van der Waals surface area contributed by atoms with Crippen LogP contribution in [0.5, 0.6) is 5.75 Å². The molecule has 2 aromatic rings. The minimum absolute atomic E-state index is 0.0487. The van der Waals surface area contributed by atoms with Crippen LogP contribution in [-0.2, 0) is 0 Å². The van der Waals surface area contributed by atoms with Crippen molar-refractivity contribution in [2.75, 3.05) is 5.32 Å². The lowest BCUT2D eigenvalue weighted by Gasteiger charge is -2.09. The second kappa shape index (κ2) is 5.06. The standard InChI is InChI=1S/C14H11F2NO2/c1-8-7-9(18)5-6-12(8)17-14(19)13-10(15)3-2-4-11(13)16/h2-7,18H,1H3,(H,17,19). The van der Waals surface area contributed by atoms with E-state index in [1.165, 1.54) is 24.3 Å². The molecule has 0 atom stereocenters. The van der Waals surface area contributed by atoms with Crippen LogP contribution in [0.4, 0.5) is 14.5 Å². The molecule has 0 radical (unpaired) electrons. The van der Waals surface area contributed by atoms with E-state index in [9.17, 15) is 18.7 Å². The maximum Gasteiger partial charge on any atom is 0.261 e. The van der Waals surface area contributed by atoms with Crippen LogP contribution in [0.15, 0.2) is 36.4 Å². The number of anilines is 1. The van der Waals surface area contributed by atoms with E-state index in [0.29, 0.717) is 11.3 Å². The average molecular weight is 263 g/mol. The highest BCUT2D eigenvalue weighted by atomic mass is 19.1. The van der Waals surface area contributed by atoms with Gasteiger partial charge in [0.2, 0.25) is 0 Å². The van der Waals surface area contributed by atoms with Crippen molar-refractivity contribution in [2.24, 2.45) is 0 Å². The molecule has 3 nitrogen and oxygen atoms in total. The van der Waals surface area contributed by atoms with Crippen LogP contribution >= 0.6 is 0 Å². The van der Waals surface area contributed by atoms with Gasteiger partial charge in [-0.25, -0.2) is 8.78 Å². The number of phenolic OH excluding ortho intramolecular Hbond substituents is 1. The topological polar surface area (TPSA) is 49.3 Å². The van der Waals surface area contributed by atoms with Gasteiger partial charge in [-0.15, -0.1) is 0 Å². The van der Waals surface area contributed by atoms with Gasteiger partial charge in [-0.3, -0.25) is 4.79 Å². The number of hydrogen-bond donors (Lipinski definition) is 2. The summed E-state index contributed by atoms with van der Waals surface area (Å²) in [5, 5.41) is 11.6. The monoisotopic (exact) mass is 263 g/mol. The molecule has 2 N–H and O–H groups in total. The van der Waals surface area contributed by atoms with Crippen LogP contribution in [0.1, 0.15) is 15.9 Å². The number of halogens is 2. The van der Waals surface area contributed by atoms with Gasteiger partial charge in [0.25, 0.3) is 5.91 Å². The number of rotatable bonds is 2. The van der Waals surface area contributed by atoms with Gasteiger partial charge in [-0.05, 0) is 42.8 Å². The Kier molecular flexibility index (Phi) is 3.46. The van der Waals surface area contributed by atoms with Gasteiger partial charge in [-0.2, -0.15) is 0 Å². The summed E-state index contributed by atoms with van der Waals surface area (Å²) in [5.74, 6) is -2.67. The van der Waals surface area contributed by atoms with E-state index in [4.69, 9.17) is 0 Å². The number of aromatic hydroxyl groups is 1. The fraction of sp³-hybridized carbons (Fsp3) is 0.0714. The van der Waals surface area contributed by atoms with Crippen molar-refractivity contribution in [1.82, 2.24) is 0 Å². The molecular weight excluding hydrogens is 252 g/mol. The molecule has 0 saturated heterocycles. The van der Waals surface area contributed by atoms with Crippen molar-refractivity contribution in [3.63, 3.8) is 0 Å². The van der Waals surface area contributed by atoms with E-state index in [2.05, 4.69) is 5.32 Å². The first kappa shape index (κ1) is 13.0. The Balaban J connectivity index is 2.31. The summed E-state index contributed by atoms with van der Waals surface area (Å²) in [4.78, 5) is 11.8. The van der Waals surface area contributed by atoms with E-state index in [1.54, 1.807) is 6.92 Å². The third-order valence-corrected chi connectivity index (χ3v) is 2.65. The Morgan fingerprint density at radius 2 is 1.79 bits per heavy atom. The van der Waals surface area contributed by atoms with E-state index in [-0.39, 0.29) is 5.75 Å². The molecule has 0 aliphatic heterocycles. The van der Waals surface area contributed by atoms with E-state index < -0.39 is 23.1 Å². The van der Waals surface area contributed by atoms with Gasteiger partial charge >= 0.3 is 0 Å². The number of phenols is 1. The molecule has 0 heterocycles. The predicted molar refractivity (Wildman–Crippen MR) is 67.2 cm³/mol. The third kappa shape index (κ3) is 2.70. The summed E-state index contributed by atoms with van der Waals surface area (Å²) in [6, 6.07) is 7.49. The van der Waals surface area contributed by atoms with E-state index >= 15 is 0 Å². The number of hydrogen-bond acceptors (Lipinski definition) is 2. The quantitative estimate of drug-likeness (QED) is 0.817. The summed E-state index contributed by atoms with van der Waals surface area (Å²) < 4.78 is 26.9. The van der Waals surface area contributed by atoms with Crippen molar-refractivity contribution in [1.29, 1.82) is 0 Å². The summed E-state index contributed by atoms with van der Waals surface area (Å²) in [6.07, 6.45) is 0. The summed E-state index contributed by atoms with van der Waals surface area (Å²) in [6.45, 7) is 1.66. The molecule has 0 spiro atoms. The van der Waals surface area contributed by atoms with Crippen LogP contribution in [0, 0.1) is 18.6 Å². The van der Waals surface area contributed by atoms with Crippen molar-refractivity contribution in [2.45, 2.75) is 6.92 Å². The first-order valence-electron chi connectivity index (χ1n) is 5.54. The molecule has 98 valence electrons. The number of benzene rings is 2. The molecule has 1 amide bonds. The molecule has 0 saturated carbocycles. The fourth-order valence-corrected chi connectivity index (χ4v) is 1.69. The fourth-order valence-electron chi connectivity index (χ4n) is 1.69. The van der Waals surface area contributed by atoms with Gasteiger partial charge in [0.05, 0.1) is 0 Å². The molecule has 0 aromatic heterocycles. The SMILES string of the molecule is Cc1cc(O)ccc1NC(=O)c1c(F)cccc1F. The average Bonchev–Trinajstić information content (AvgIpc) is 2.32.